The Morgan fingerprint density at radius 1 is 1.03 bits per heavy atom. The number of imide groups is 1. The average Bonchev–Trinajstić information content (AvgIpc) is 2.84. The minimum atomic E-state index is -2.05. The van der Waals surface area contributed by atoms with Gasteiger partial charge in [0.05, 0.1) is 12.5 Å². The van der Waals surface area contributed by atoms with Crippen molar-refractivity contribution in [2.75, 3.05) is 13.7 Å². The summed E-state index contributed by atoms with van der Waals surface area (Å²) in [5, 5.41) is 42.9. The van der Waals surface area contributed by atoms with Crippen LogP contribution in [0.4, 0.5) is 4.79 Å². The highest BCUT2D eigenvalue weighted by Gasteiger charge is 2.43. The van der Waals surface area contributed by atoms with Gasteiger partial charge in [-0.1, -0.05) is 13.8 Å². The minimum absolute atomic E-state index is 0.135. The largest absolute Gasteiger partial charge is 0.465 e. The van der Waals surface area contributed by atoms with Gasteiger partial charge in [0, 0.05) is 20.4 Å². The lowest BCUT2D eigenvalue weighted by atomic mass is 9.87. The second kappa shape index (κ2) is 16.3. The van der Waals surface area contributed by atoms with Crippen molar-refractivity contribution in [1.82, 2.24) is 15.5 Å². The molecule has 222 valence electrons. The van der Waals surface area contributed by atoms with E-state index in [1.165, 1.54) is 13.8 Å². The number of hydrogen-bond donors (Lipinski definition) is 8. The maximum atomic E-state index is 13.2. The zero-order chi connectivity index (χ0) is 30.6. The second-order valence-electron chi connectivity index (χ2n) is 9.03. The second-order valence-corrected chi connectivity index (χ2v) is 9.03. The topological polar surface area (TPSA) is 289 Å². The fourth-order valence-electron chi connectivity index (χ4n) is 3.52. The predicted octanol–water partition coefficient (Wildman–Crippen LogP) is -4.20. The highest BCUT2D eigenvalue weighted by molar-refractivity contribution is 5.93. The summed E-state index contributed by atoms with van der Waals surface area (Å²) in [5.41, 5.74) is 10.8. The predicted molar refractivity (Wildman–Crippen MR) is 130 cm³/mol. The van der Waals surface area contributed by atoms with Gasteiger partial charge < -0.3 is 52.1 Å². The van der Waals surface area contributed by atoms with Crippen LogP contribution < -0.4 is 22.1 Å². The Kier molecular flexibility index (Phi) is 14.8. The summed E-state index contributed by atoms with van der Waals surface area (Å²) in [6.45, 7) is 2.96. The molecule has 0 fully saturated rings. The Morgan fingerprint density at radius 3 is 1.97 bits per heavy atom. The zero-order valence-electron chi connectivity index (χ0n) is 22.0. The summed E-state index contributed by atoms with van der Waals surface area (Å²) in [5.74, 6) is -7.28. The van der Waals surface area contributed by atoms with Crippen LogP contribution in [-0.4, -0.2) is 117 Å². The number of aliphatic hydroxyl groups is 3. The Hall–Kier alpha value is -3.67. The van der Waals surface area contributed by atoms with Gasteiger partial charge in [-0.25, -0.2) is 4.79 Å². The standard InChI is InChI=1S/C22H37N5O12/c1-9(2)15(21(36)26-11(19(23)34)5-6-14(32)27(4)22(37)38)18(20(24)35)39-17(16(33)13(31)8-29)12(7-28)25-10(3)30/h7,9,11-13,15-18,29,31,33H,5-6,8H2,1-4H3,(H2,23,34)(H2,24,35)(H,25,30)(H,26,36)(H,37,38)/t11?,12-,13+,15?,16+,17+,18?/m0/s1. The maximum Gasteiger partial charge on any atom is 0.413 e. The molecule has 0 aliphatic carbocycles. The number of amides is 6. The van der Waals surface area contributed by atoms with Crippen molar-refractivity contribution in [2.45, 2.75) is 70.1 Å². The van der Waals surface area contributed by atoms with E-state index in [2.05, 4.69) is 10.6 Å². The molecule has 39 heavy (non-hydrogen) atoms. The third kappa shape index (κ3) is 10.9. The molecule has 0 saturated carbocycles. The SMILES string of the molecule is CC(=O)N[C@@H](C=O)[C@@H](OC(C(N)=O)C(C(=O)NC(CCC(=O)N(C)C(=O)O)C(N)=O)C(C)C)[C@H](O)[C@H](O)CO. The van der Waals surface area contributed by atoms with Crippen LogP contribution >= 0.6 is 0 Å². The number of hydrogen-bond acceptors (Lipinski definition) is 11. The average molecular weight is 564 g/mol. The highest BCUT2D eigenvalue weighted by atomic mass is 16.5. The number of carbonyl (C=O) groups is 7. The first-order valence-electron chi connectivity index (χ1n) is 11.7. The van der Waals surface area contributed by atoms with Gasteiger partial charge in [0.2, 0.25) is 29.5 Å². The molecule has 0 bridgehead atoms. The number of nitrogens with two attached hydrogens (primary N) is 2. The monoisotopic (exact) mass is 563 g/mol. The van der Waals surface area contributed by atoms with E-state index in [-0.39, 0.29) is 6.29 Å². The third-order valence-corrected chi connectivity index (χ3v) is 5.69. The van der Waals surface area contributed by atoms with Crippen molar-refractivity contribution >= 4 is 41.9 Å². The zero-order valence-corrected chi connectivity index (χ0v) is 22.0. The lowest BCUT2D eigenvalue weighted by Gasteiger charge is -2.36. The van der Waals surface area contributed by atoms with Crippen LogP contribution in [0, 0.1) is 11.8 Å². The number of carboxylic acid groups (broad SMARTS) is 1. The van der Waals surface area contributed by atoms with Gasteiger partial charge in [0.25, 0.3) is 0 Å². The molecule has 6 amide bonds. The molecule has 17 heteroatoms. The number of aldehydes is 1. The van der Waals surface area contributed by atoms with Gasteiger partial charge in [-0.3, -0.25) is 28.9 Å². The van der Waals surface area contributed by atoms with E-state index in [9.17, 15) is 48.9 Å². The summed E-state index contributed by atoms with van der Waals surface area (Å²) < 4.78 is 5.55. The fourth-order valence-corrected chi connectivity index (χ4v) is 3.52. The number of nitrogens with one attached hydrogen (secondary N) is 2. The summed E-state index contributed by atoms with van der Waals surface area (Å²) in [6.07, 6.45) is -10.0. The Labute approximate surface area is 223 Å². The molecule has 0 radical (unpaired) electrons. The molecule has 0 saturated heterocycles. The summed E-state index contributed by atoms with van der Waals surface area (Å²) in [7, 11) is 0.984. The number of rotatable bonds is 17. The molecule has 0 spiro atoms. The maximum absolute atomic E-state index is 13.2. The van der Waals surface area contributed by atoms with E-state index in [1.807, 2.05) is 0 Å². The van der Waals surface area contributed by atoms with Crippen LogP contribution in [0.25, 0.3) is 0 Å². The molecule has 0 aromatic rings. The van der Waals surface area contributed by atoms with Gasteiger partial charge >= 0.3 is 6.09 Å². The van der Waals surface area contributed by atoms with Crippen molar-refractivity contribution in [2.24, 2.45) is 23.3 Å². The molecule has 0 aromatic heterocycles. The van der Waals surface area contributed by atoms with E-state index in [0.29, 0.717) is 4.90 Å². The molecule has 0 rings (SSSR count). The Balaban J connectivity index is 6.17. The van der Waals surface area contributed by atoms with Crippen molar-refractivity contribution < 1.29 is 58.7 Å². The Bertz CT molecular complexity index is 914. The van der Waals surface area contributed by atoms with Crippen LogP contribution in [0.3, 0.4) is 0 Å². The van der Waals surface area contributed by atoms with Gasteiger partial charge in [-0.05, 0) is 12.3 Å². The van der Waals surface area contributed by atoms with E-state index < -0.39 is 103 Å². The highest BCUT2D eigenvalue weighted by Crippen LogP contribution is 2.23. The first kappa shape index (κ1) is 35.3. The van der Waals surface area contributed by atoms with E-state index >= 15 is 0 Å². The van der Waals surface area contributed by atoms with Crippen molar-refractivity contribution in [3.63, 3.8) is 0 Å². The van der Waals surface area contributed by atoms with Crippen LogP contribution in [-0.2, 0) is 33.5 Å². The van der Waals surface area contributed by atoms with E-state index in [1.54, 1.807) is 0 Å². The van der Waals surface area contributed by atoms with Gasteiger partial charge in [0.15, 0.2) is 0 Å². The number of aliphatic hydroxyl groups excluding tert-OH is 3. The number of carbonyl (C=O) groups excluding carboxylic acids is 6. The fraction of sp³-hybridized carbons (Fsp3) is 0.682. The number of nitrogens with zero attached hydrogens (tertiary/aromatic N) is 1. The van der Waals surface area contributed by atoms with E-state index in [0.717, 1.165) is 14.0 Å². The van der Waals surface area contributed by atoms with Crippen molar-refractivity contribution in [1.29, 1.82) is 0 Å². The first-order chi connectivity index (χ1) is 18.0. The van der Waals surface area contributed by atoms with Crippen LogP contribution in [0.5, 0.6) is 0 Å². The van der Waals surface area contributed by atoms with Crippen LogP contribution in [0.1, 0.15) is 33.6 Å². The smallest absolute Gasteiger partial charge is 0.413 e. The van der Waals surface area contributed by atoms with Crippen LogP contribution in [0.2, 0.25) is 0 Å². The molecule has 0 aliphatic rings. The summed E-state index contributed by atoms with van der Waals surface area (Å²) in [4.78, 5) is 84.0. The van der Waals surface area contributed by atoms with Gasteiger partial charge in [-0.15, -0.1) is 0 Å². The summed E-state index contributed by atoms with van der Waals surface area (Å²) >= 11 is 0. The van der Waals surface area contributed by atoms with Gasteiger partial charge in [-0.2, -0.15) is 0 Å². The first-order valence-corrected chi connectivity index (χ1v) is 11.7. The van der Waals surface area contributed by atoms with Gasteiger partial charge in [0.1, 0.15) is 42.8 Å². The van der Waals surface area contributed by atoms with Crippen molar-refractivity contribution in [3.8, 4) is 0 Å². The molecule has 0 aliphatic heterocycles. The Morgan fingerprint density at radius 2 is 1.59 bits per heavy atom. The third-order valence-electron chi connectivity index (χ3n) is 5.69. The number of primary amides is 2. The molecule has 7 atom stereocenters. The molecular formula is C22H37N5O12. The molecule has 0 aromatic carbocycles. The molecule has 3 unspecified atom stereocenters. The normalized spacial score (nSPS) is 16.5. The molecular weight excluding hydrogens is 526 g/mol. The lowest BCUT2D eigenvalue weighted by Crippen LogP contribution is -2.59. The molecule has 0 heterocycles. The lowest BCUT2D eigenvalue weighted by molar-refractivity contribution is -0.170. The summed E-state index contributed by atoms with van der Waals surface area (Å²) in [6, 6.07) is -3.15. The minimum Gasteiger partial charge on any atom is -0.465 e. The quantitative estimate of drug-likeness (QED) is 0.0782. The number of ether oxygens (including phenoxy) is 1. The van der Waals surface area contributed by atoms with Crippen LogP contribution in [0.15, 0.2) is 0 Å². The van der Waals surface area contributed by atoms with E-state index in [4.69, 9.17) is 21.3 Å². The molecule has 10 N–H and O–H groups in total. The van der Waals surface area contributed by atoms with Crippen molar-refractivity contribution in [3.05, 3.63) is 0 Å². The molecule has 17 nitrogen and oxygen atoms in total.